The minimum atomic E-state index is -1.70. The first-order valence-electron chi connectivity index (χ1n) is 13.7. The van der Waals surface area contributed by atoms with Crippen LogP contribution in [0, 0.1) is 17.8 Å². The Kier molecular flexibility index (Phi) is 11.1. The van der Waals surface area contributed by atoms with Crippen LogP contribution in [-0.4, -0.2) is 32.7 Å². The maximum Gasteiger partial charge on any atom is 0.192 e. The molecule has 4 heteroatoms. The van der Waals surface area contributed by atoms with Gasteiger partial charge in [0.2, 0.25) is 0 Å². The zero-order valence-electron chi connectivity index (χ0n) is 23.3. The summed E-state index contributed by atoms with van der Waals surface area (Å²) in [5.74, 6) is 5.82. The Labute approximate surface area is 230 Å². The molecule has 0 saturated heterocycles. The van der Waals surface area contributed by atoms with Gasteiger partial charge in [0.15, 0.2) is 8.32 Å². The Hall–Kier alpha value is -2.94. The van der Waals surface area contributed by atoms with Gasteiger partial charge in [-0.15, -0.1) is 0 Å². The van der Waals surface area contributed by atoms with Gasteiger partial charge < -0.3 is 14.3 Å². The second-order valence-corrected chi connectivity index (χ2v) is 14.7. The molecule has 3 nitrogen and oxygen atoms in total. The van der Waals surface area contributed by atoms with E-state index < -0.39 is 20.0 Å². The predicted molar refractivity (Wildman–Crippen MR) is 160 cm³/mol. The lowest BCUT2D eigenvalue weighted by molar-refractivity contribution is -0.0232. The zero-order valence-corrected chi connectivity index (χ0v) is 24.3. The number of hydrogen-bond donors (Lipinski definition) is 1. The van der Waals surface area contributed by atoms with Crippen LogP contribution in [0.2, 0.25) is 18.1 Å². The average Bonchev–Trinajstić information content (AvgIpc) is 2.98. The van der Waals surface area contributed by atoms with Crippen LogP contribution in [0.3, 0.4) is 0 Å². The maximum absolute atomic E-state index is 10.9. The van der Waals surface area contributed by atoms with Crippen molar-refractivity contribution in [3.05, 3.63) is 120 Å². The van der Waals surface area contributed by atoms with Crippen LogP contribution in [-0.2, 0) is 14.8 Å². The molecule has 0 saturated carbocycles. The average molecular weight is 527 g/mol. The highest BCUT2D eigenvalue weighted by molar-refractivity contribution is 6.73. The minimum Gasteiger partial charge on any atom is -0.412 e. The number of ether oxygens (including phenoxy) is 1. The summed E-state index contributed by atoms with van der Waals surface area (Å²) in [6.07, 6.45) is -0.850. The van der Waals surface area contributed by atoms with E-state index in [0.717, 1.165) is 34.8 Å². The number of aliphatic hydroxyl groups excluding tert-OH is 1. The molecule has 3 aromatic carbocycles. The van der Waals surface area contributed by atoms with E-state index in [4.69, 9.17) is 9.16 Å². The van der Waals surface area contributed by atoms with Gasteiger partial charge in [0.05, 0.1) is 13.2 Å². The molecule has 0 spiro atoms. The third-order valence-corrected chi connectivity index (χ3v) is 12.1. The maximum atomic E-state index is 10.9. The van der Waals surface area contributed by atoms with Crippen molar-refractivity contribution in [2.45, 2.75) is 57.5 Å². The van der Waals surface area contributed by atoms with Crippen LogP contribution in [0.25, 0.3) is 0 Å². The Balaban J connectivity index is 1.81. The lowest BCUT2D eigenvalue weighted by atomic mass is 9.80. The largest absolute Gasteiger partial charge is 0.412 e. The minimum absolute atomic E-state index is 0.220. The lowest BCUT2D eigenvalue weighted by Crippen LogP contribution is -2.36. The molecular weight excluding hydrogens is 484 g/mol. The smallest absolute Gasteiger partial charge is 0.192 e. The predicted octanol–water partition coefficient (Wildman–Crippen LogP) is 7.57. The van der Waals surface area contributed by atoms with Crippen molar-refractivity contribution in [3.63, 3.8) is 0 Å². The third kappa shape index (κ3) is 7.12. The Morgan fingerprint density at radius 1 is 0.816 bits per heavy atom. The highest BCUT2D eigenvalue weighted by atomic mass is 28.4. The second kappa shape index (κ2) is 14.3. The quantitative estimate of drug-likeness (QED) is 0.142. The summed E-state index contributed by atoms with van der Waals surface area (Å²) in [6.45, 7) is 13.4. The summed E-state index contributed by atoms with van der Waals surface area (Å²) in [5.41, 5.74) is 2.98. The third-order valence-electron chi connectivity index (χ3n) is 7.53. The summed E-state index contributed by atoms with van der Waals surface area (Å²) in [7, 11) is -1.70. The fourth-order valence-corrected chi connectivity index (χ4v) is 7.36. The second-order valence-electron chi connectivity index (χ2n) is 9.92. The summed E-state index contributed by atoms with van der Waals surface area (Å²) >= 11 is 0. The standard InChI is InChI=1S/C34H42O3Si/c1-6-38(7-2,8-3)37-26-28(4)24-25-33(35)29(5)27-36-34(30-18-12-9-13-19-30,31-20-14-10-15-21-31)32-22-16-11-17-23-32/h9-23,29,33,35H,4,6-8,26-27H2,1-3,5H3/t29-,33-/m0/s1. The van der Waals surface area contributed by atoms with Gasteiger partial charge in [-0.3, -0.25) is 0 Å². The van der Waals surface area contributed by atoms with Crippen molar-refractivity contribution >= 4 is 8.32 Å². The van der Waals surface area contributed by atoms with E-state index in [1.54, 1.807) is 0 Å². The van der Waals surface area contributed by atoms with Crippen LogP contribution in [0.15, 0.2) is 103 Å². The fourth-order valence-electron chi connectivity index (χ4n) is 4.77. The van der Waals surface area contributed by atoms with Crippen molar-refractivity contribution in [3.8, 4) is 11.8 Å². The first-order chi connectivity index (χ1) is 18.4. The van der Waals surface area contributed by atoms with Crippen molar-refractivity contribution < 1.29 is 14.3 Å². The highest BCUT2D eigenvalue weighted by Gasteiger charge is 2.38. The molecule has 0 heterocycles. The molecular formula is C34H42O3Si. The summed E-state index contributed by atoms with van der Waals surface area (Å²) in [5, 5.41) is 10.9. The van der Waals surface area contributed by atoms with Gasteiger partial charge in [-0.1, -0.05) is 137 Å². The molecule has 0 aromatic heterocycles. The van der Waals surface area contributed by atoms with Gasteiger partial charge in [0, 0.05) is 11.5 Å². The molecule has 2 atom stereocenters. The van der Waals surface area contributed by atoms with Crippen LogP contribution < -0.4 is 0 Å². The van der Waals surface area contributed by atoms with Crippen LogP contribution in [0.1, 0.15) is 44.4 Å². The molecule has 0 bridgehead atoms. The van der Waals surface area contributed by atoms with Gasteiger partial charge in [0.25, 0.3) is 0 Å². The van der Waals surface area contributed by atoms with Crippen molar-refractivity contribution in [1.29, 1.82) is 0 Å². The van der Waals surface area contributed by atoms with E-state index >= 15 is 0 Å². The molecule has 0 unspecified atom stereocenters. The van der Waals surface area contributed by atoms with Gasteiger partial charge in [-0.05, 0) is 34.8 Å². The number of rotatable bonds is 13. The van der Waals surface area contributed by atoms with Crippen LogP contribution >= 0.6 is 0 Å². The highest BCUT2D eigenvalue weighted by Crippen LogP contribution is 2.40. The molecule has 38 heavy (non-hydrogen) atoms. The van der Waals surface area contributed by atoms with Gasteiger partial charge in [0.1, 0.15) is 11.7 Å². The SMILES string of the molecule is C=C(C#C[C@H](O)[C@@H](C)COC(c1ccccc1)(c1ccccc1)c1ccccc1)CO[Si](CC)(CC)CC. The molecule has 0 radical (unpaired) electrons. The van der Waals surface area contributed by atoms with E-state index in [0.29, 0.717) is 18.8 Å². The number of benzene rings is 3. The van der Waals surface area contributed by atoms with Crippen LogP contribution in [0.5, 0.6) is 0 Å². The van der Waals surface area contributed by atoms with E-state index in [1.165, 1.54) is 0 Å². The van der Waals surface area contributed by atoms with Crippen LogP contribution in [0.4, 0.5) is 0 Å². The van der Waals surface area contributed by atoms with E-state index in [1.807, 2.05) is 61.5 Å². The topological polar surface area (TPSA) is 38.7 Å². The van der Waals surface area contributed by atoms with Gasteiger partial charge >= 0.3 is 0 Å². The van der Waals surface area contributed by atoms with E-state index in [9.17, 15) is 5.11 Å². The first-order valence-corrected chi connectivity index (χ1v) is 16.3. The normalized spacial score (nSPS) is 13.3. The summed E-state index contributed by atoms with van der Waals surface area (Å²) in [6, 6.07) is 34.0. The molecule has 200 valence electrons. The monoisotopic (exact) mass is 526 g/mol. The Morgan fingerprint density at radius 3 is 1.63 bits per heavy atom. The molecule has 3 rings (SSSR count). The molecule has 1 N–H and O–H groups in total. The molecule has 0 fully saturated rings. The molecule has 0 aliphatic heterocycles. The van der Waals surface area contributed by atoms with Gasteiger partial charge in [-0.25, -0.2) is 0 Å². The van der Waals surface area contributed by atoms with E-state index in [-0.39, 0.29) is 5.92 Å². The van der Waals surface area contributed by atoms with Gasteiger partial charge in [-0.2, -0.15) is 0 Å². The summed E-state index contributed by atoms with van der Waals surface area (Å²) < 4.78 is 13.1. The molecule has 0 amide bonds. The summed E-state index contributed by atoms with van der Waals surface area (Å²) in [4.78, 5) is 0. The molecule has 0 aliphatic carbocycles. The Morgan fingerprint density at radius 2 is 1.24 bits per heavy atom. The van der Waals surface area contributed by atoms with Crippen molar-refractivity contribution in [2.24, 2.45) is 5.92 Å². The number of hydrogen-bond acceptors (Lipinski definition) is 3. The van der Waals surface area contributed by atoms with Crippen molar-refractivity contribution in [2.75, 3.05) is 13.2 Å². The van der Waals surface area contributed by atoms with E-state index in [2.05, 4.69) is 75.6 Å². The lowest BCUT2D eigenvalue weighted by Gasteiger charge is -2.37. The first kappa shape index (κ1) is 29.6. The molecule has 3 aromatic rings. The fraction of sp³-hybridized carbons (Fsp3) is 0.353. The molecule has 0 aliphatic rings. The zero-order chi connectivity index (χ0) is 27.4. The number of aliphatic hydroxyl groups is 1. The van der Waals surface area contributed by atoms with Crippen molar-refractivity contribution in [1.82, 2.24) is 0 Å². The Bertz CT molecular complexity index is 1070.